The third-order valence-corrected chi connectivity index (χ3v) is 6.06. The summed E-state index contributed by atoms with van der Waals surface area (Å²) in [5.74, 6) is 1.41. The summed E-state index contributed by atoms with van der Waals surface area (Å²) >= 11 is 6.25. The van der Waals surface area contributed by atoms with Crippen molar-refractivity contribution in [2.24, 2.45) is 11.7 Å². The third-order valence-electron chi connectivity index (χ3n) is 3.98. The highest BCUT2D eigenvalue weighted by Crippen LogP contribution is 2.41. The Kier molecular flexibility index (Phi) is 4.03. The highest BCUT2D eigenvalue weighted by molar-refractivity contribution is 7.91. The second-order valence-electron chi connectivity index (χ2n) is 5.57. The van der Waals surface area contributed by atoms with Gasteiger partial charge in [-0.25, -0.2) is 8.42 Å². The zero-order chi connectivity index (χ0) is 15.0. The Labute approximate surface area is 129 Å². The van der Waals surface area contributed by atoms with Crippen LogP contribution < -0.4 is 15.2 Å². The number of rotatable bonds is 2. The molecule has 2 atom stereocenters. The van der Waals surface area contributed by atoms with Gasteiger partial charge in [0.2, 0.25) is 0 Å². The number of sulfone groups is 1. The molecule has 1 saturated heterocycles. The van der Waals surface area contributed by atoms with Crippen LogP contribution in [0, 0.1) is 5.92 Å². The summed E-state index contributed by atoms with van der Waals surface area (Å²) in [4.78, 5) is 0. The summed E-state index contributed by atoms with van der Waals surface area (Å²) in [6.45, 7) is 1.14. The molecule has 5 nitrogen and oxygen atoms in total. The maximum atomic E-state index is 11.6. The summed E-state index contributed by atoms with van der Waals surface area (Å²) < 4.78 is 34.4. The van der Waals surface area contributed by atoms with Gasteiger partial charge in [-0.05, 0) is 30.0 Å². The lowest BCUT2D eigenvalue weighted by Gasteiger charge is -2.20. The van der Waals surface area contributed by atoms with Crippen molar-refractivity contribution >= 4 is 21.4 Å². The number of ether oxygens (including phenoxy) is 2. The fourth-order valence-corrected chi connectivity index (χ4v) is 4.95. The van der Waals surface area contributed by atoms with E-state index in [-0.39, 0.29) is 23.5 Å². The Balaban J connectivity index is 1.89. The Morgan fingerprint density at radius 2 is 2.05 bits per heavy atom. The standard InChI is InChI=1S/C14H18ClNO4S/c15-11-6-10(7-12-14(11)20-4-1-3-19-12)13(16)9-2-5-21(17,18)8-9/h6-7,9,13H,1-5,8,16H2. The van der Waals surface area contributed by atoms with E-state index in [0.717, 1.165) is 12.0 Å². The van der Waals surface area contributed by atoms with Gasteiger partial charge in [0.1, 0.15) is 0 Å². The molecule has 0 aromatic heterocycles. The van der Waals surface area contributed by atoms with Crippen molar-refractivity contribution in [2.45, 2.75) is 18.9 Å². The van der Waals surface area contributed by atoms with E-state index in [1.807, 2.05) is 6.07 Å². The summed E-state index contributed by atoms with van der Waals surface area (Å²) in [5.41, 5.74) is 7.04. The molecule has 2 aliphatic rings. The quantitative estimate of drug-likeness (QED) is 0.896. The van der Waals surface area contributed by atoms with Crippen LogP contribution in [-0.2, 0) is 9.84 Å². The van der Waals surface area contributed by atoms with Crippen molar-refractivity contribution in [1.29, 1.82) is 0 Å². The first-order chi connectivity index (χ1) is 9.96. The first-order valence-corrected chi connectivity index (χ1v) is 9.21. The van der Waals surface area contributed by atoms with Crippen LogP contribution in [0.1, 0.15) is 24.4 Å². The molecule has 2 aliphatic heterocycles. The zero-order valence-electron chi connectivity index (χ0n) is 11.5. The Morgan fingerprint density at radius 3 is 2.76 bits per heavy atom. The number of nitrogens with two attached hydrogens (primary N) is 1. The molecule has 3 rings (SSSR count). The first-order valence-electron chi connectivity index (χ1n) is 7.01. The number of hydrogen-bond acceptors (Lipinski definition) is 5. The van der Waals surface area contributed by atoms with Crippen molar-refractivity contribution in [1.82, 2.24) is 0 Å². The van der Waals surface area contributed by atoms with Gasteiger partial charge in [0, 0.05) is 12.5 Å². The van der Waals surface area contributed by atoms with Crippen LogP contribution in [0.4, 0.5) is 0 Å². The van der Waals surface area contributed by atoms with E-state index in [4.69, 9.17) is 26.8 Å². The van der Waals surface area contributed by atoms with Crippen molar-refractivity contribution in [2.75, 3.05) is 24.7 Å². The van der Waals surface area contributed by atoms with Gasteiger partial charge in [-0.2, -0.15) is 0 Å². The topological polar surface area (TPSA) is 78.6 Å². The molecule has 1 aromatic carbocycles. The lowest BCUT2D eigenvalue weighted by Crippen LogP contribution is -2.22. The molecule has 21 heavy (non-hydrogen) atoms. The van der Waals surface area contributed by atoms with Gasteiger partial charge in [-0.1, -0.05) is 11.6 Å². The van der Waals surface area contributed by atoms with Gasteiger partial charge in [0.05, 0.1) is 29.7 Å². The van der Waals surface area contributed by atoms with Crippen molar-refractivity contribution in [3.05, 3.63) is 22.7 Å². The molecule has 7 heteroatoms. The second-order valence-corrected chi connectivity index (χ2v) is 8.21. The molecule has 0 radical (unpaired) electrons. The summed E-state index contributed by atoms with van der Waals surface area (Å²) in [5, 5.41) is 0.459. The van der Waals surface area contributed by atoms with E-state index in [1.54, 1.807) is 6.07 Å². The predicted octanol–water partition coefficient (Wildman–Crippen LogP) is 1.94. The Bertz CT molecular complexity index is 647. The molecule has 0 spiro atoms. The number of halogens is 1. The molecule has 2 unspecified atom stereocenters. The van der Waals surface area contributed by atoms with Gasteiger partial charge >= 0.3 is 0 Å². The van der Waals surface area contributed by atoms with E-state index in [1.165, 1.54) is 0 Å². The van der Waals surface area contributed by atoms with Crippen LogP contribution in [0.5, 0.6) is 11.5 Å². The zero-order valence-corrected chi connectivity index (χ0v) is 13.1. The minimum Gasteiger partial charge on any atom is -0.489 e. The monoisotopic (exact) mass is 331 g/mol. The largest absolute Gasteiger partial charge is 0.489 e. The molecular formula is C14H18ClNO4S. The minimum atomic E-state index is -2.95. The number of hydrogen-bond donors (Lipinski definition) is 1. The Hall–Kier alpha value is -0.980. The SMILES string of the molecule is NC(c1cc(Cl)c2c(c1)OCCCO2)C1CCS(=O)(=O)C1. The molecule has 0 saturated carbocycles. The van der Waals surface area contributed by atoms with E-state index in [0.29, 0.717) is 36.2 Å². The lowest BCUT2D eigenvalue weighted by molar-refractivity contribution is 0.297. The van der Waals surface area contributed by atoms with Gasteiger partial charge in [0.15, 0.2) is 21.3 Å². The summed E-state index contributed by atoms with van der Waals surface area (Å²) in [7, 11) is -2.95. The van der Waals surface area contributed by atoms with E-state index >= 15 is 0 Å². The Morgan fingerprint density at radius 1 is 1.29 bits per heavy atom. The third kappa shape index (κ3) is 3.12. The molecule has 116 valence electrons. The van der Waals surface area contributed by atoms with Gasteiger partial charge in [0.25, 0.3) is 0 Å². The molecule has 0 amide bonds. The fourth-order valence-electron chi connectivity index (χ4n) is 2.82. The van der Waals surface area contributed by atoms with Crippen LogP contribution in [0.25, 0.3) is 0 Å². The normalized spacial score (nSPS) is 25.3. The molecular weight excluding hydrogens is 314 g/mol. The van der Waals surface area contributed by atoms with E-state index in [9.17, 15) is 8.42 Å². The molecule has 2 heterocycles. The van der Waals surface area contributed by atoms with E-state index in [2.05, 4.69) is 0 Å². The average molecular weight is 332 g/mol. The molecule has 0 bridgehead atoms. The van der Waals surface area contributed by atoms with Crippen LogP contribution in [0.15, 0.2) is 12.1 Å². The molecule has 0 aliphatic carbocycles. The van der Waals surface area contributed by atoms with Crippen LogP contribution in [0.2, 0.25) is 5.02 Å². The molecule has 1 aromatic rings. The first kappa shape index (κ1) is 14.9. The number of fused-ring (bicyclic) bond motifs is 1. The van der Waals surface area contributed by atoms with Gasteiger partial charge in [-0.15, -0.1) is 0 Å². The van der Waals surface area contributed by atoms with Crippen LogP contribution in [0.3, 0.4) is 0 Å². The van der Waals surface area contributed by atoms with Gasteiger partial charge < -0.3 is 15.2 Å². The van der Waals surface area contributed by atoms with Crippen molar-refractivity contribution < 1.29 is 17.9 Å². The van der Waals surface area contributed by atoms with Crippen LogP contribution >= 0.6 is 11.6 Å². The molecule has 1 fully saturated rings. The van der Waals surface area contributed by atoms with E-state index < -0.39 is 9.84 Å². The highest BCUT2D eigenvalue weighted by atomic mass is 35.5. The minimum absolute atomic E-state index is 0.0733. The van der Waals surface area contributed by atoms with Crippen molar-refractivity contribution in [3.63, 3.8) is 0 Å². The predicted molar refractivity (Wildman–Crippen MR) is 80.7 cm³/mol. The average Bonchev–Trinajstić information content (AvgIpc) is 2.65. The lowest BCUT2D eigenvalue weighted by atomic mass is 9.93. The maximum absolute atomic E-state index is 11.6. The van der Waals surface area contributed by atoms with Crippen molar-refractivity contribution in [3.8, 4) is 11.5 Å². The fraction of sp³-hybridized carbons (Fsp3) is 0.571. The smallest absolute Gasteiger partial charge is 0.179 e. The van der Waals surface area contributed by atoms with Crippen LogP contribution in [-0.4, -0.2) is 33.1 Å². The maximum Gasteiger partial charge on any atom is 0.179 e. The highest BCUT2D eigenvalue weighted by Gasteiger charge is 2.33. The summed E-state index contributed by atoms with van der Waals surface area (Å²) in [6.07, 6.45) is 1.39. The number of benzene rings is 1. The molecule has 2 N–H and O–H groups in total. The summed E-state index contributed by atoms with van der Waals surface area (Å²) in [6, 6.07) is 3.21. The second kappa shape index (κ2) is 5.66. The van der Waals surface area contributed by atoms with Gasteiger partial charge in [-0.3, -0.25) is 0 Å².